The smallest absolute Gasteiger partial charge is 0.0343 e. The van der Waals surface area contributed by atoms with Gasteiger partial charge in [0.25, 0.3) is 0 Å². The molecular weight excluding hydrogens is 90.1 g/mol. The van der Waals surface area contributed by atoms with Crippen molar-refractivity contribution < 1.29 is 0 Å². The van der Waals surface area contributed by atoms with Gasteiger partial charge >= 0.3 is 0 Å². The quantitative estimate of drug-likeness (QED) is 0.289. The monoisotopic (exact) mass is 99.1 g/mol. The fourth-order valence-electron chi connectivity index (χ4n) is 0.170. The Morgan fingerprint density at radius 3 is 2.57 bits per heavy atom. The summed E-state index contributed by atoms with van der Waals surface area (Å²) >= 11 is 0. The third kappa shape index (κ3) is 3.13. The van der Waals surface area contributed by atoms with Crippen LogP contribution >= 0.6 is 0 Å². The first-order valence-corrected chi connectivity index (χ1v) is 2.35. The minimum Gasteiger partial charge on any atom is -0.0909 e. The summed E-state index contributed by atoms with van der Waals surface area (Å²) < 4.78 is 0. The number of azide groups is 1. The zero-order chi connectivity index (χ0) is 5.70. The summed E-state index contributed by atoms with van der Waals surface area (Å²) in [4.78, 5) is 2.63. The van der Waals surface area contributed by atoms with Crippen LogP contribution in [-0.4, -0.2) is 6.04 Å². The Bertz CT molecular complexity index is 82.9. The van der Waals surface area contributed by atoms with Gasteiger partial charge in [-0.15, -0.1) is 0 Å². The fourth-order valence-corrected chi connectivity index (χ4v) is 0.170. The number of hydrogen-bond acceptors (Lipinski definition) is 1. The minimum absolute atomic E-state index is 0.157. The molecule has 3 heteroatoms. The van der Waals surface area contributed by atoms with Gasteiger partial charge in [-0.25, -0.2) is 0 Å². The van der Waals surface area contributed by atoms with Crippen LogP contribution in [0, 0.1) is 0 Å². The van der Waals surface area contributed by atoms with Crippen LogP contribution in [-0.2, 0) is 0 Å². The molecule has 0 bridgehead atoms. The van der Waals surface area contributed by atoms with Crippen molar-refractivity contribution in [2.24, 2.45) is 5.11 Å². The van der Waals surface area contributed by atoms with E-state index in [0.717, 1.165) is 6.42 Å². The minimum atomic E-state index is 0.157. The Balaban J connectivity index is 3.35. The van der Waals surface area contributed by atoms with Crippen LogP contribution in [0.3, 0.4) is 0 Å². The number of hydrogen-bond donors (Lipinski definition) is 0. The van der Waals surface area contributed by atoms with Crippen molar-refractivity contribution in [3.63, 3.8) is 0 Å². The Morgan fingerprint density at radius 1 is 1.86 bits per heavy atom. The second-order valence-electron chi connectivity index (χ2n) is 1.46. The molecule has 0 fully saturated rings. The van der Waals surface area contributed by atoms with E-state index in [2.05, 4.69) is 10.0 Å². The molecule has 0 aliphatic heterocycles. The molecule has 40 valence electrons. The van der Waals surface area contributed by atoms with Crippen LogP contribution in [0.1, 0.15) is 20.3 Å². The van der Waals surface area contributed by atoms with Crippen molar-refractivity contribution in [2.45, 2.75) is 26.3 Å². The molecule has 1 unspecified atom stereocenters. The third-order valence-corrected chi connectivity index (χ3v) is 0.840. The normalized spacial score (nSPS) is 12.3. The van der Waals surface area contributed by atoms with Gasteiger partial charge in [-0.05, 0) is 12.0 Å². The van der Waals surface area contributed by atoms with Crippen LogP contribution in [0.15, 0.2) is 5.11 Å². The summed E-state index contributed by atoms with van der Waals surface area (Å²) in [5, 5.41) is 3.42. The molecule has 0 aliphatic rings. The maximum absolute atomic E-state index is 7.83. The first-order chi connectivity index (χ1) is 3.31. The molecule has 7 heavy (non-hydrogen) atoms. The van der Waals surface area contributed by atoms with E-state index in [1.807, 2.05) is 13.8 Å². The molecule has 0 aromatic rings. The van der Waals surface area contributed by atoms with Gasteiger partial charge in [0.1, 0.15) is 0 Å². The van der Waals surface area contributed by atoms with Crippen LogP contribution in [0.5, 0.6) is 0 Å². The molecule has 0 spiro atoms. The predicted molar refractivity (Wildman–Crippen MR) is 28.9 cm³/mol. The fraction of sp³-hybridized carbons (Fsp3) is 1.00. The molecule has 3 nitrogen and oxygen atoms in total. The zero-order valence-corrected chi connectivity index (χ0v) is 4.63. The molecular formula is C4H9N3. The largest absolute Gasteiger partial charge is 0.0909 e. The second-order valence-corrected chi connectivity index (χ2v) is 1.46. The molecule has 0 N–H and O–H groups in total. The van der Waals surface area contributed by atoms with Crippen molar-refractivity contribution in [1.29, 1.82) is 0 Å². The topological polar surface area (TPSA) is 48.8 Å². The third-order valence-electron chi connectivity index (χ3n) is 0.840. The van der Waals surface area contributed by atoms with E-state index in [-0.39, 0.29) is 6.04 Å². The van der Waals surface area contributed by atoms with Gasteiger partial charge in [-0.1, -0.05) is 19.0 Å². The second kappa shape index (κ2) is 3.50. The molecule has 0 heterocycles. The maximum atomic E-state index is 7.83. The van der Waals surface area contributed by atoms with Gasteiger partial charge in [0.2, 0.25) is 0 Å². The molecule has 0 rings (SSSR count). The average molecular weight is 99.1 g/mol. The molecule has 0 amide bonds. The number of nitrogens with zero attached hydrogens (tertiary/aromatic N) is 3. The predicted octanol–water partition coefficient (Wildman–Crippen LogP) is 2.10. The van der Waals surface area contributed by atoms with Crippen LogP contribution in [0.4, 0.5) is 0 Å². The van der Waals surface area contributed by atoms with Gasteiger partial charge < -0.3 is 0 Å². The lowest BCUT2D eigenvalue weighted by atomic mass is 10.3. The van der Waals surface area contributed by atoms with E-state index in [1.54, 1.807) is 0 Å². The highest BCUT2D eigenvalue weighted by molar-refractivity contribution is 4.55. The molecule has 1 atom stereocenters. The SMILES string of the molecule is CCC(C)N=[N+]=[N-]. The van der Waals surface area contributed by atoms with Crippen molar-refractivity contribution >= 4 is 0 Å². The highest BCUT2D eigenvalue weighted by Crippen LogP contribution is 1.92. The highest BCUT2D eigenvalue weighted by Gasteiger charge is 1.87. The highest BCUT2D eigenvalue weighted by atomic mass is 15.1. The van der Waals surface area contributed by atoms with Crippen molar-refractivity contribution in [1.82, 2.24) is 0 Å². The van der Waals surface area contributed by atoms with E-state index in [9.17, 15) is 0 Å². The van der Waals surface area contributed by atoms with Gasteiger partial charge in [0.15, 0.2) is 0 Å². The standard InChI is InChI=1S/C4H9N3/c1-3-4(2)6-7-5/h4H,3H2,1-2H3. The molecule has 0 aliphatic carbocycles. The van der Waals surface area contributed by atoms with Gasteiger partial charge in [-0.2, -0.15) is 0 Å². The van der Waals surface area contributed by atoms with E-state index in [4.69, 9.17) is 5.53 Å². The lowest BCUT2D eigenvalue weighted by Gasteiger charge is -1.91. The molecule has 0 saturated heterocycles. The van der Waals surface area contributed by atoms with E-state index < -0.39 is 0 Å². The maximum Gasteiger partial charge on any atom is 0.0343 e. The van der Waals surface area contributed by atoms with Crippen molar-refractivity contribution in [2.75, 3.05) is 0 Å². The lowest BCUT2D eigenvalue weighted by Crippen LogP contribution is -1.89. The molecule has 0 aromatic carbocycles. The summed E-state index contributed by atoms with van der Waals surface area (Å²) in [5.74, 6) is 0. The van der Waals surface area contributed by atoms with Crippen LogP contribution < -0.4 is 0 Å². The first-order valence-electron chi connectivity index (χ1n) is 2.35. The summed E-state index contributed by atoms with van der Waals surface area (Å²) in [6.07, 6.45) is 0.921. The van der Waals surface area contributed by atoms with Crippen LogP contribution in [0.2, 0.25) is 0 Å². The summed E-state index contributed by atoms with van der Waals surface area (Å²) in [6, 6.07) is 0.157. The number of rotatable bonds is 2. The Morgan fingerprint density at radius 2 is 2.43 bits per heavy atom. The van der Waals surface area contributed by atoms with Crippen LogP contribution in [0.25, 0.3) is 10.4 Å². The van der Waals surface area contributed by atoms with Gasteiger partial charge in [0, 0.05) is 11.0 Å². The lowest BCUT2D eigenvalue weighted by molar-refractivity contribution is 0.709. The molecule has 0 saturated carbocycles. The first kappa shape index (κ1) is 6.31. The van der Waals surface area contributed by atoms with E-state index in [0.29, 0.717) is 0 Å². The summed E-state index contributed by atoms with van der Waals surface area (Å²) in [7, 11) is 0. The van der Waals surface area contributed by atoms with Gasteiger partial charge in [-0.3, -0.25) is 0 Å². The molecule has 0 aromatic heterocycles. The summed E-state index contributed by atoms with van der Waals surface area (Å²) in [5.41, 5.74) is 7.83. The summed E-state index contributed by atoms with van der Waals surface area (Å²) in [6.45, 7) is 3.87. The van der Waals surface area contributed by atoms with Crippen molar-refractivity contribution in [3.05, 3.63) is 10.4 Å². The Kier molecular flexibility index (Phi) is 3.15. The van der Waals surface area contributed by atoms with E-state index in [1.165, 1.54) is 0 Å². The average Bonchev–Trinajstić information content (AvgIpc) is 1.68. The van der Waals surface area contributed by atoms with Gasteiger partial charge in [0.05, 0.1) is 0 Å². The van der Waals surface area contributed by atoms with E-state index >= 15 is 0 Å². The Hall–Kier alpha value is -0.690. The zero-order valence-electron chi connectivity index (χ0n) is 4.63. The van der Waals surface area contributed by atoms with Crippen molar-refractivity contribution in [3.8, 4) is 0 Å². The molecule has 0 radical (unpaired) electrons. The Labute approximate surface area is 43.0 Å².